The first kappa shape index (κ1) is 24.3. The predicted octanol–water partition coefficient (Wildman–Crippen LogP) is 3.25. The quantitative estimate of drug-likeness (QED) is 0.667. The largest absolute Gasteiger partial charge is 0.342 e. The second kappa shape index (κ2) is 9.91. The van der Waals surface area contributed by atoms with Gasteiger partial charge in [0.05, 0.1) is 0 Å². The Kier molecular flexibility index (Phi) is 6.69. The number of nitrogens with one attached hydrogen (secondary N) is 1. The van der Waals surface area contributed by atoms with Gasteiger partial charge in [-0.25, -0.2) is 4.79 Å². The highest BCUT2D eigenvalue weighted by molar-refractivity contribution is 6.09. The number of imide groups is 1. The lowest BCUT2D eigenvalue weighted by Crippen LogP contribution is -2.48. The number of amides is 5. The molecule has 0 unspecified atom stereocenters. The molecule has 3 aliphatic rings. The summed E-state index contributed by atoms with van der Waals surface area (Å²) in [5, 5.41) is 4.82. The molecule has 3 saturated heterocycles. The van der Waals surface area contributed by atoms with Crippen LogP contribution in [-0.2, 0) is 19.9 Å². The Bertz CT molecular complexity index is 1180. The summed E-state index contributed by atoms with van der Waals surface area (Å²) in [6.45, 7) is 3.99. The van der Waals surface area contributed by atoms with Gasteiger partial charge in [-0.3, -0.25) is 19.3 Å². The summed E-state index contributed by atoms with van der Waals surface area (Å²) in [6, 6.07) is 13.0. The third kappa shape index (κ3) is 4.56. The van der Waals surface area contributed by atoms with Crippen LogP contribution < -0.4 is 5.32 Å². The highest BCUT2D eigenvalue weighted by atomic mass is 16.2. The minimum atomic E-state index is -1.23. The molecule has 36 heavy (non-hydrogen) atoms. The average molecular weight is 491 g/mol. The van der Waals surface area contributed by atoms with Crippen LogP contribution in [0, 0.1) is 5.92 Å². The molecular weight excluding hydrogens is 456 g/mol. The van der Waals surface area contributed by atoms with Crippen LogP contribution in [0.2, 0.25) is 0 Å². The van der Waals surface area contributed by atoms with Crippen molar-refractivity contribution in [1.29, 1.82) is 0 Å². The smallest absolute Gasteiger partial charge is 0.325 e. The van der Waals surface area contributed by atoms with E-state index in [4.69, 9.17) is 0 Å². The van der Waals surface area contributed by atoms with E-state index in [1.165, 1.54) is 12.8 Å². The number of likely N-dealkylation sites (tertiary alicyclic amines) is 2. The zero-order valence-electron chi connectivity index (χ0n) is 20.9. The molecule has 3 aliphatic heterocycles. The number of piperidine rings is 1. The molecule has 1 atom stereocenters. The fourth-order valence-electron chi connectivity index (χ4n) is 5.70. The van der Waals surface area contributed by atoms with Gasteiger partial charge in [-0.2, -0.15) is 0 Å². The Morgan fingerprint density at radius 1 is 0.889 bits per heavy atom. The molecular formula is C28H34N4O4. The second-order valence-corrected chi connectivity index (χ2v) is 10.4. The summed E-state index contributed by atoms with van der Waals surface area (Å²) in [5.74, 6) is -0.534. The number of fused-ring (bicyclic) bond motifs is 1. The predicted molar refractivity (Wildman–Crippen MR) is 136 cm³/mol. The Morgan fingerprint density at radius 2 is 1.56 bits per heavy atom. The van der Waals surface area contributed by atoms with E-state index in [1.54, 1.807) is 11.8 Å². The summed E-state index contributed by atoms with van der Waals surface area (Å²) < 4.78 is 0. The van der Waals surface area contributed by atoms with Crippen LogP contribution in [-0.4, -0.2) is 71.2 Å². The first-order chi connectivity index (χ1) is 17.4. The zero-order chi connectivity index (χ0) is 25.3. The van der Waals surface area contributed by atoms with Crippen LogP contribution in [0.15, 0.2) is 42.5 Å². The van der Waals surface area contributed by atoms with E-state index < -0.39 is 17.5 Å². The van der Waals surface area contributed by atoms with Crippen molar-refractivity contribution in [2.24, 2.45) is 5.92 Å². The molecule has 0 spiro atoms. The van der Waals surface area contributed by atoms with Gasteiger partial charge in [0.2, 0.25) is 11.8 Å². The van der Waals surface area contributed by atoms with E-state index in [0.29, 0.717) is 31.5 Å². The average Bonchev–Trinajstić information content (AvgIpc) is 3.09. The number of carbonyl (C=O) groups excluding carboxylic acids is 4. The van der Waals surface area contributed by atoms with Gasteiger partial charge in [0.25, 0.3) is 5.91 Å². The molecule has 5 rings (SSSR count). The zero-order valence-corrected chi connectivity index (χ0v) is 20.9. The van der Waals surface area contributed by atoms with E-state index in [9.17, 15) is 19.2 Å². The number of benzene rings is 2. The normalized spacial score (nSPS) is 23.6. The molecule has 1 N–H and O–H groups in total. The molecule has 0 bridgehead atoms. The standard InChI is InChI=1S/C28H34N4O4/c1-28(23-11-10-20-8-4-5-9-22(20)18-23)26(35)32(27(36)29-28)19-24(33)30-16-12-21(13-17-30)25(34)31-14-6-2-3-7-15-31/h4-5,8-11,18,21H,2-3,6-7,12-17,19H2,1H3,(H,29,36)/t28-/m0/s1. The summed E-state index contributed by atoms with van der Waals surface area (Å²) in [7, 11) is 0. The van der Waals surface area contributed by atoms with Crippen molar-refractivity contribution in [1.82, 2.24) is 20.0 Å². The summed E-state index contributed by atoms with van der Waals surface area (Å²) in [5.41, 5.74) is -0.545. The molecule has 3 fully saturated rings. The lowest BCUT2D eigenvalue weighted by Gasteiger charge is -2.34. The van der Waals surface area contributed by atoms with Crippen LogP contribution in [0.3, 0.4) is 0 Å². The number of nitrogens with zero attached hydrogens (tertiary/aromatic N) is 3. The van der Waals surface area contributed by atoms with Gasteiger partial charge in [0.1, 0.15) is 12.1 Å². The van der Waals surface area contributed by atoms with Crippen molar-refractivity contribution in [3.63, 3.8) is 0 Å². The van der Waals surface area contributed by atoms with Crippen molar-refractivity contribution in [2.45, 2.75) is 51.0 Å². The number of carbonyl (C=O) groups is 4. The Hall–Kier alpha value is -3.42. The second-order valence-electron chi connectivity index (χ2n) is 10.4. The maximum atomic E-state index is 13.4. The maximum Gasteiger partial charge on any atom is 0.325 e. The minimum absolute atomic E-state index is 0.0555. The highest BCUT2D eigenvalue weighted by Gasteiger charge is 2.50. The summed E-state index contributed by atoms with van der Waals surface area (Å²) in [4.78, 5) is 56.8. The molecule has 2 aromatic carbocycles. The van der Waals surface area contributed by atoms with Crippen LogP contribution >= 0.6 is 0 Å². The first-order valence-electron chi connectivity index (χ1n) is 13.1. The molecule has 190 valence electrons. The first-order valence-corrected chi connectivity index (χ1v) is 13.1. The number of hydrogen-bond acceptors (Lipinski definition) is 4. The maximum absolute atomic E-state index is 13.4. The van der Waals surface area contributed by atoms with Gasteiger partial charge in [-0.05, 0) is 55.0 Å². The van der Waals surface area contributed by atoms with Crippen LogP contribution in [0.1, 0.15) is 51.0 Å². The van der Waals surface area contributed by atoms with Crippen molar-refractivity contribution in [3.8, 4) is 0 Å². The molecule has 0 aromatic heterocycles. The van der Waals surface area contributed by atoms with Crippen LogP contribution in [0.25, 0.3) is 10.8 Å². The Balaban J connectivity index is 1.20. The topological polar surface area (TPSA) is 90.0 Å². The van der Waals surface area contributed by atoms with E-state index in [0.717, 1.165) is 41.6 Å². The summed E-state index contributed by atoms with van der Waals surface area (Å²) >= 11 is 0. The van der Waals surface area contributed by atoms with Gasteiger partial charge in [-0.15, -0.1) is 0 Å². The number of urea groups is 1. The fraction of sp³-hybridized carbons (Fsp3) is 0.500. The van der Waals surface area contributed by atoms with Gasteiger partial charge < -0.3 is 15.1 Å². The molecule has 0 aliphatic carbocycles. The monoisotopic (exact) mass is 490 g/mol. The van der Waals surface area contributed by atoms with Crippen molar-refractivity contribution >= 4 is 34.5 Å². The third-order valence-electron chi connectivity index (χ3n) is 8.01. The molecule has 2 aromatic rings. The van der Waals surface area contributed by atoms with E-state index in [-0.39, 0.29) is 24.3 Å². The molecule has 5 amide bonds. The number of hydrogen-bond donors (Lipinski definition) is 1. The van der Waals surface area contributed by atoms with Crippen molar-refractivity contribution in [2.75, 3.05) is 32.7 Å². The van der Waals surface area contributed by atoms with Crippen LogP contribution in [0.5, 0.6) is 0 Å². The molecule has 0 saturated carbocycles. The van der Waals surface area contributed by atoms with E-state index in [1.807, 2.05) is 47.4 Å². The lowest BCUT2D eigenvalue weighted by atomic mass is 9.90. The van der Waals surface area contributed by atoms with Gasteiger partial charge in [0, 0.05) is 32.1 Å². The third-order valence-corrected chi connectivity index (χ3v) is 8.01. The fourth-order valence-corrected chi connectivity index (χ4v) is 5.70. The van der Waals surface area contributed by atoms with Gasteiger partial charge in [-0.1, -0.05) is 49.2 Å². The summed E-state index contributed by atoms with van der Waals surface area (Å²) in [6.07, 6.45) is 5.73. The molecule has 8 nitrogen and oxygen atoms in total. The Labute approximate surface area is 211 Å². The SMILES string of the molecule is C[C@@]1(c2ccc3ccccc3c2)NC(=O)N(CC(=O)N2CCC(C(=O)N3CCCCCC3)CC2)C1=O. The van der Waals surface area contributed by atoms with Crippen LogP contribution in [0.4, 0.5) is 4.79 Å². The molecule has 3 heterocycles. The van der Waals surface area contributed by atoms with Crippen molar-refractivity contribution < 1.29 is 19.2 Å². The van der Waals surface area contributed by atoms with E-state index >= 15 is 0 Å². The van der Waals surface area contributed by atoms with E-state index in [2.05, 4.69) is 5.32 Å². The van der Waals surface area contributed by atoms with Crippen molar-refractivity contribution in [3.05, 3.63) is 48.0 Å². The molecule has 0 radical (unpaired) electrons. The van der Waals surface area contributed by atoms with Gasteiger partial charge >= 0.3 is 6.03 Å². The minimum Gasteiger partial charge on any atom is -0.342 e. The lowest BCUT2D eigenvalue weighted by molar-refractivity contribution is -0.142. The molecule has 8 heteroatoms. The highest BCUT2D eigenvalue weighted by Crippen LogP contribution is 2.31. The Morgan fingerprint density at radius 3 is 2.25 bits per heavy atom. The van der Waals surface area contributed by atoms with Gasteiger partial charge in [0.15, 0.2) is 0 Å². The number of rotatable bonds is 4.